The van der Waals surface area contributed by atoms with E-state index in [2.05, 4.69) is 9.89 Å². The van der Waals surface area contributed by atoms with Gasteiger partial charge in [-0.25, -0.2) is 4.79 Å². The van der Waals surface area contributed by atoms with E-state index in [9.17, 15) is 24.6 Å². The van der Waals surface area contributed by atoms with Gasteiger partial charge < -0.3 is 24.8 Å². The van der Waals surface area contributed by atoms with Crippen LogP contribution in [0.3, 0.4) is 0 Å². The first kappa shape index (κ1) is 25.1. The number of rotatable bonds is 7. The minimum Gasteiger partial charge on any atom is -0.520 e. The number of nitrogens with zero attached hydrogens (tertiary/aromatic N) is 3. The van der Waals surface area contributed by atoms with Gasteiger partial charge in [0.25, 0.3) is 0 Å². The molecule has 0 radical (unpaired) electrons. The first-order chi connectivity index (χ1) is 15.1. The number of ketones is 1. The van der Waals surface area contributed by atoms with E-state index in [0.717, 1.165) is 24.3 Å². The van der Waals surface area contributed by atoms with Gasteiger partial charge in [0.05, 0.1) is 5.57 Å². The number of benzene rings is 1. The number of aliphatic imine (C=N–C) groups is 1. The average molecular weight is 698 g/mol. The van der Waals surface area contributed by atoms with Crippen molar-refractivity contribution >= 4 is 29.6 Å². The number of carboxylic acids is 1. The second-order valence-corrected chi connectivity index (χ2v) is 9.27. The van der Waals surface area contributed by atoms with Gasteiger partial charge in [0, 0.05) is 56.8 Å². The fraction of sp³-hybridized carbons (Fsp3) is 0.500. The number of aliphatic carboxylic acids is 1. The predicted octanol–water partition coefficient (Wildman–Crippen LogP) is 2.53. The number of aliphatic hydroxyl groups excluding tert-OH is 1. The fourth-order valence-corrected chi connectivity index (χ4v) is 4.31. The van der Waals surface area contributed by atoms with Gasteiger partial charge in [0.15, 0.2) is 11.8 Å². The van der Waals surface area contributed by atoms with Crippen molar-refractivity contribution < 1.29 is 24.6 Å². The number of amides is 1. The third-order valence-electron chi connectivity index (χ3n) is 5.99. The molecular formula is C24H30FmN3O5-. The van der Waals surface area contributed by atoms with E-state index >= 15 is 0 Å². The molecule has 2 N–H and O–H groups in total. The molecule has 0 aromatic heterocycles. The number of hydrogen-bond acceptors (Lipinski definition) is 6. The molecule has 0 spiro atoms. The molecule has 2 aliphatic rings. The molecule has 1 fully saturated rings. The van der Waals surface area contributed by atoms with E-state index in [1.807, 2.05) is 44.5 Å². The van der Waals surface area contributed by atoms with Crippen LogP contribution in [-0.4, -0.2) is 71.2 Å². The van der Waals surface area contributed by atoms with Crippen LogP contribution in [0.1, 0.15) is 39.2 Å². The first-order valence-electron chi connectivity index (χ1n) is 10.8. The zero-order valence-electron chi connectivity index (χ0n) is 19.1. The van der Waals surface area contributed by atoms with Gasteiger partial charge >= 0.3 is 5.97 Å². The minimum absolute atomic E-state index is 0. The molecule has 3 rings (SSSR count). The van der Waals surface area contributed by atoms with E-state index in [-0.39, 0.29) is 41.1 Å². The summed E-state index contributed by atoms with van der Waals surface area (Å²) in [7, 11) is 0. The van der Waals surface area contributed by atoms with E-state index in [4.69, 9.17) is 0 Å². The summed E-state index contributed by atoms with van der Waals surface area (Å²) in [5.74, 6) is -1.31. The molecule has 8 nitrogen and oxygen atoms in total. The minimum atomic E-state index is -1.08. The molecule has 184 valence electrons. The maximum absolute atomic E-state index is 12.5. The van der Waals surface area contributed by atoms with Crippen molar-refractivity contribution in [2.45, 2.75) is 46.1 Å². The third kappa shape index (κ3) is 5.96. The maximum Gasteiger partial charge on any atom is 0.328 e. The molecule has 1 amide bonds. The van der Waals surface area contributed by atoms with Gasteiger partial charge in [-0.05, 0) is 30.0 Å². The van der Waals surface area contributed by atoms with Gasteiger partial charge in [-0.1, -0.05) is 26.0 Å². The van der Waals surface area contributed by atoms with E-state index in [1.165, 1.54) is 0 Å². The van der Waals surface area contributed by atoms with Gasteiger partial charge in [0.1, 0.15) is 5.76 Å². The summed E-state index contributed by atoms with van der Waals surface area (Å²) in [5, 5.41) is 20.1. The number of hydrogen-bond donors (Lipinski definition) is 2. The zero-order chi connectivity index (χ0) is 23.5. The smallest absolute Gasteiger partial charge is 0.328 e. The number of Topliss-reactive ketones (excluding diaryl/α,β-unsaturated/α-hetero) is 1. The van der Waals surface area contributed by atoms with Crippen LogP contribution in [0.4, 0.5) is 5.69 Å². The summed E-state index contributed by atoms with van der Waals surface area (Å²) >= 11 is 0. The molecule has 1 unspecified atom stereocenters. The monoisotopic (exact) mass is 697 g/mol. The number of carboxylic acid groups (broad SMARTS) is 1. The van der Waals surface area contributed by atoms with Gasteiger partial charge in [-0.15, -0.1) is 0 Å². The van der Waals surface area contributed by atoms with Crippen LogP contribution in [0.2, 0.25) is 0 Å². The Labute approximate surface area is 188 Å². The molecule has 0 bridgehead atoms. The number of aliphatic hydroxyl groups is 1. The molecule has 9 heteroatoms. The Morgan fingerprint density at radius 3 is 2.27 bits per heavy atom. The number of carbonyl (C=O) groups excluding carboxylic acids is 2. The first-order valence-corrected chi connectivity index (χ1v) is 10.8. The number of piperazine rings is 1. The molecule has 1 aromatic rings. The van der Waals surface area contributed by atoms with Crippen LogP contribution in [0, 0.1) is 5.41 Å². The quantitative estimate of drug-likeness (QED) is 0.335. The average Bonchev–Trinajstić information content (AvgIpc) is 2.72. The molecule has 0 saturated carbocycles. The van der Waals surface area contributed by atoms with Gasteiger partial charge in [-0.2, -0.15) is 6.41 Å². The zero-order valence-corrected chi connectivity index (χ0v) is 21.5. The number of anilines is 1. The van der Waals surface area contributed by atoms with Crippen molar-refractivity contribution in [3.63, 3.8) is 0 Å². The van der Waals surface area contributed by atoms with E-state index in [1.54, 1.807) is 11.8 Å². The summed E-state index contributed by atoms with van der Waals surface area (Å²) in [5.41, 5.74) is 1.91. The van der Waals surface area contributed by atoms with Crippen molar-refractivity contribution in [1.82, 2.24) is 4.90 Å². The SMILES string of the molecule is CC(=NC(Cc1ccc(N2CCN([C-]=O)CC2)cc1)C(=O)O)C1=C(O)CC(C)(C)CC1=O.[Fm]. The van der Waals surface area contributed by atoms with Crippen LogP contribution < -0.4 is 4.90 Å². The molecule has 1 atom stereocenters. The van der Waals surface area contributed by atoms with Crippen LogP contribution in [-0.2, 0) is 20.8 Å². The van der Waals surface area contributed by atoms with Crippen LogP contribution in [0.15, 0.2) is 40.6 Å². The summed E-state index contributed by atoms with van der Waals surface area (Å²) in [6, 6.07) is 6.56. The van der Waals surface area contributed by atoms with Gasteiger partial charge in [0.2, 0.25) is 0 Å². The Morgan fingerprint density at radius 2 is 1.76 bits per heavy atom. The Kier molecular flexibility index (Phi) is 7.59. The summed E-state index contributed by atoms with van der Waals surface area (Å²) in [6.07, 6.45) is 2.74. The Hall–Kier alpha value is -4.16. The maximum atomic E-state index is 12.5. The number of carbonyl (C=O) groups is 2. The third-order valence-corrected chi connectivity index (χ3v) is 5.99. The van der Waals surface area contributed by atoms with Crippen molar-refractivity contribution in [3.05, 3.63) is 41.2 Å². The van der Waals surface area contributed by atoms with Crippen molar-refractivity contribution in [3.8, 4) is 0 Å². The summed E-state index contributed by atoms with van der Waals surface area (Å²) in [6.45, 7) is 8.09. The predicted molar refractivity (Wildman–Crippen MR) is 122 cm³/mol. The normalized spacial score (nSPS) is 19.7. The van der Waals surface area contributed by atoms with Crippen LogP contribution >= 0.6 is 0 Å². The molecule has 1 aromatic carbocycles. The standard InChI is InChI=1S/C24H30N3O5.Fm/c1-16(22-20(29)13-24(2,3)14-21(22)30)25-19(23(31)32)12-17-4-6-18(7-5-17)27-10-8-26(15-28)9-11-27;/h4-7,19,29H,8-14H2,1-3H3,(H,31,32);/q-1;. The van der Waals surface area contributed by atoms with Crippen LogP contribution in [0.5, 0.6) is 0 Å². The summed E-state index contributed by atoms with van der Waals surface area (Å²) < 4.78 is 0. The largest absolute Gasteiger partial charge is 0.520 e. The Morgan fingerprint density at radius 1 is 1.15 bits per heavy atom. The second-order valence-electron chi connectivity index (χ2n) is 9.27. The molecule has 1 aliphatic heterocycles. The van der Waals surface area contributed by atoms with Crippen molar-refractivity contribution in [2.24, 2.45) is 10.4 Å². The molecule has 33 heavy (non-hydrogen) atoms. The second kappa shape index (κ2) is 9.97. The molecule has 1 saturated heterocycles. The van der Waals surface area contributed by atoms with Crippen molar-refractivity contribution in [1.29, 1.82) is 0 Å². The number of allylic oxidation sites excluding steroid dienone is 2. The fourth-order valence-electron chi connectivity index (χ4n) is 4.31. The Balaban J connectivity index is 0.00000385. The molecule has 1 aliphatic carbocycles. The topological polar surface area (TPSA) is 111 Å². The van der Waals surface area contributed by atoms with Gasteiger partial charge in [-0.3, -0.25) is 9.79 Å². The van der Waals surface area contributed by atoms with Crippen molar-refractivity contribution in [2.75, 3.05) is 31.1 Å². The molecule has 1 heterocycles. The van der Waals surface area contributed by atoms with Crippen LogP contribution in [0.25, 0.3) is 0 Å². The molecular weight excluding hydrogens is 667 g/mol. The summed E-state index contributed by atoms with van der Waals surface area (Å²) in [4.78, 5) is 43.2. The Bertz CT molecular complexity index is 947. The van der Waals surface area contributed by atoms with E-state index < -0.39 is 12.0 Å². The van der Waals surface area contributed by atoms with E-state index in [0.29, 0.717) is 19.5 Å².